The molecule has 0 radical (unpaired) electrons. The maximum Gasteiger partial charge on any atom is 0.262 e. The Kier molecular flexibility index (Phi) is 3.97. The maximum atomic E-state index is 14.1. The fourth-order valence-electron chi connectivity index (χ4n) is 3.95. The fraction of sp³-hybridized carbons (Fsp3) is 0.0833. The summed E-state index contributed by atoms with van der Waals surface area (Å²) >= 11 is 0. The third-order valence-electron chi connectivity index (χ3n) is 5.32. The first kappa shape index (κ1) is 16.5. The molecule has 5 rings (SSSR count). The standard InChI is InChI=1S/C24H19O2P/c25-27(20-14-8-3-9-15-20)24(19-12-6-2-7-13-19)22-16-21(23(22)17-26-27)18-10-4-1-5-11-18/h1-15H,16-17H2. The van der Waals surface area contributed by atoms with Crippen molar-refractivity contribution in [2.75, 3.05) is 6.61 Å². The van der Waals surface area contributed by atoms with Gasteiger partial charge in [0.1, 0.15) is 0 Å². The Labute approximate surface area is 159 Å². The van der Waals surface area contributed by atoms with Crippen LogP contribution in [-0.4, -0.2) is 6.61 Å². The van der Waals surface area contributed by atoms with Crippen molar-refractivity contribution in [3.63, 3.8) is 0 Å². The van der Waals surface area contributed by atoms with Gasteiger partial charge in [-0.2, -0.15) is 0 Å². The Hall–Kier alpha value is -2.67. The van der Waals surface area contributed by atoms with Gasteiger partial charge >= 0.3 is 0 Å². The molecule has 132 valence electrons. The van der Waals surface area contributed by atoms with Gasteiger partial charge in [0.05, 0.1) is 11.9 Å². The molecule has 0 spiro atoms. The summed E-state index contributed by atoms with van der Waals surface area (Å²) in [4.78, 5) is 0. The molecule has 1 aliphatic heterocycles. The highest BCUT2D eigenvalue weighted by molar-refractivity contribution is 7.77. The summed E-state index contributed by atoms with van der Waals surface area (Å²) in [6, 6.07) is 30.1. The lowest BCUT2D eigenvalue weighted by Gasteiger charge is -2.38. The van der Waals surface area contributed by atoms with Crippen LogP contribution in [0.4, 0.5) is 0 Å². The molecule has 0 saturated carbocycles. The first-order valence-corrected chi connectivity index (χ1v) is 10.8. The predicted octanol–water partition coefficient (Wildman–Crippen LogP) is 5.89. The van der Waals surface area contributed by atoms with Crippen molar-refractivity contribution >= 4 is 23.6 Å². The number of hydrogen-bond acceptors (Lipinski definition) is 2. The summed E-state index contributed by atoms with van der Waals surface area (Å²) in [5.74, 6) is 0. The number of fused-ring (bicyclic) bond motifs is 1. The molecule has 0 fully saturated rings. The normalized spacial score (nSPS) is 21.6. The smallest absolute Gasteiger partial charge is 0.262 e. The van der Waals surface area contributed by atoms with Gasteiger partial charge in [-0.3, -0.25) is 4.57 Å². The molecule has 27 heavy (non-hydrogen) atoms. The van der Waals surface area contributed by atoms with Crippen LogP contribution < -0.4 is 5.30 Å². The lowest BCUT2D eigenvalue weighted by molar-refractivity contribution is 0.354. The molecule has 3 aromatic rings. The molecule has 2 aliphatic rings. The largest absolute Gasteiger partial charge is 0.317 e. The highest BCUT2D eigenvalue weighted by atomic mass is 31.2. The topological polar surface area (TPSA) is 26.3 Å². The van der Waals surface area contributed by atoms with Gasteiger partial charge in [-0.25, -0.2) is 0 Å². The maximum absolute atomic E-state index is 14.1. The molecule has 0 bridgehead atoms. The van der Waals surface area contributed by atoms with Gasteiger partial charge < -0.3 is 4.52 Å². The van der Waals surface area contributed by atoms with Crippen molar-refractivity contribution in [1.29, 1.82) is 0 Å². The van der Waals surface area contributed by atoms with Gasteiger partial charge in [-0.05, 0) is 46.4 Å². The molecule has 1 aliphatic carbocycles. The van der Waals surface area contributed by atoms with Gasteiger partial charge in [0.25, 0.3) is 7.37 Å². The lowest BCUT2D eigenvalue weighted by Crippen LogP contribution is -2.23. The number of benzene rings is 3. The Bertz CT molecular complexity index is 1100. The SMILES string of the molecule is O=P1(c2ccccc2)OCC2=C(c3ccccc3)CC2=C1c1ccccc1. The second-order valence-corrected chi connectivity index (χ2v) is 9.18. The van der Waals surface area contributed by atoms with Crippen molar-refractivity contribution in [3.05, 3.63) is 113 Å². The van der Waals surface area contributed by atoms with E-state index in [2.05, 4.69) is 24.3 Å². The van der Waals surface area contributed by atoms with E-state index in [1.165, 1.54) is 22.3 Å². The third kappa shape index (κ3) is 2.65. The van der Waals surface area contributed by atoms with E-state index >= 15 is 0 Å². The molecule has 0 amide bonds. The molecular formula is C24H19O2P. The zero-order valence-corrected chi connectivity index (χ0v) is 15.7. The van der Waals surface area contributed by atoms with E-state index in [0.29, 0.717) is 6.61 Å². The van der Waals surface area contributed by atoms with Gasteiger partial charge in [-0.15, -0.1) is 0 Å². The molecule has 1 atom stereocenters. The quantitative estimate of drug-likeness (QED) is 0.538. The Morgan fingerprint density at radius 1 is 0.630 bits per heavy atom. The molecule has 1 unspecified atom stereocenters. The lowest BCUT2D eigenvalue weighted by atomic mass is 9.78. The van der Waals surface area contributed by atoms with Gasteiger partial charge in [0.2, 0.25) is 0 Å². The van der Waals surface area contributed by atoms with Crippen molar-refractivity contribution in [3.8, 4) is 0 Å². The van der Waals surface area contributed by atoms with Crippen molar-refractivity contribution in [2.45, 2.75) is 6.42 Å². The van der Waals surface area contributed by atoms with Gasteiger partial charge in [0, 0.05) is 5.30 Å². The van der Waals surface area contributed by atoms with Crippen LogP contribution in [0.15, 0.2) is 102 Å². The molecule has 0 aromatic heterocycles. The van der Waals surface area contributed by atoms with Crippen LogP contribution in [0.2, 0.25) is 0 Å². The second-order valence-electron chi connectivity index (χ2n) is 6.85. The van der Waals surface area contributed by atoms with Crippen LogP contribution in [0.1, 0.15) is 17.5 Å². The molecule has 3 aromatic carbocycles. The monoisotopic (exact) mass is 370 g/mol. The zero-order valence-electron chi connectivity index (χ0n) is 14.8. The number of hydrogen-bond donors (Lipinski definition) is 0. The summed E-state index contributed by atoms with van der Waals surface area (Å²) in [5, 5.41) is 1.64. The van der Waals surface area contributed by atoms with Crippen molar-refractivity contribution in [2.24, 2.45) is 0 Å². The van der Waals surface area contributed by atoms with Crippen LogP contribution in [0.25, 0.3) is 10.9 Å². The van der Waals surface area contributed by atoms with E-state index in [1.54, 1.807) is 0 Å². The summed E-state index contributed by atoms with van der Waals surface area (Å²) in [6.45, 7) is 0.405. The molecular weight excluding hydrogens is 351 g/mol. The zero-order chi connectivity index (χ0) is 18.3. The van der Waals surface area contributed by atoms with E-state index in [1.807, 2.05) is 66.7 Å². The van der Waals surface area contributed by atoms with E-state index < -0.39 is 7.37 Å². The third-order valence-corrected chi connectivity index (χ3v) is 7.91. The van der Waals surface area contributed by atoms with Gasteiger partial charge in [-0.1, -0.05) is 78.9 Å². The molecule has 0 saturated heterocycles. The predicted molar refractivity (Wildman–Crippen MR) is 111 cm³/mol. The Morgan fingerprint density at radius 3 is 1.81 bits per heavy atom. The van der Waals surface area contributed by atoms with Gasteiger partial charge in [0.15, 0.2) is 0 Å². The minimum absolute atomic E-state index is 0.405. The number of allylic oxidation sites excluding steroid dienone is 1. The van der Waals surface area contributed by atoms with Crippen LogP contribution >= 0.6 is 7.37 Å². The van der Waals surface area contributed by atoms with Crippen molar-refractivity contribution in [1.82, 2.24) is 0 Å². The highest BCUT2D eigenvalue weighted by Gasteiger charge is 2.43. The van der Waals surface area contributed by atoms with E-state index in [4.69, 9.17) is 4.52 Å². The summed E-state index contributed by atoms with van der Waals surface area (Å²) in [6.07, 6.45) is 0.837. The fourth-order valence-corrected chi connectivity index (χ4v) is 6.42. The van der Waals surface area contributed by atoms with E-state index in [0.717, 1.165) is 22.6 Å². The van der Waals surface area contributed by atoms with Crippen LogP contribution in [-0.2, 0) is 9.09 Å². The minimum atomic E-state index is -3.11. The first-order chi connectivity index (χ1) is 13.3. The van der Waals surface area contributed by atoms with Crippen molar-refractivity contribution < 1.29 is 9.09 Å². The number of rotatable bonds is 3. The summed E-state index contributed by atoms with van der Waals surface area (Å²) < 4.78 is 20.2. The second kappa shape index (κ2) is 6.49. The van der Waals surface area contributed by atoms with Crippen LogP contribution in [0.5, 0.6) is 0 Å². The summed E-state index contributed by atoms with van der Waals surface area (Å²) in [5.41, 5.74) is 5.91. The average Bonchev–Trinajstić information content (AvgIpc) is 2.72. The minimum Gasteiger partial charge on any atom is -0.317 e. The summed E-state index contributed by atoms with van der Waals surface area (Å²) in [7, 11) is -3.11. The molecule has 2 nitrogen and oxygen atoms in total. The highest BCUT2D eigenvalue weighted by Crippen LogP contribution is 2.66. The molecule has 0 N–H and O–H groups in total. The van der Waals surface area contributed by atoms with Crippen LogP contribution in [0, 0.1) is 0 Å². The van der Waals surface area contributed by atoms with E-state index in [-0.39, 0.29) is 0 Å². The Balaban J connectivity index is 1.72. The molecule has 1 heterocycles. The molecule has 3 heteroatoms. The average molecular weight is 370 g/mol. The Morgan fingerprint density at radius 2 is 1.19 bits per heavy atom. The van der Waals surface area contributed by atoms with E-state index in [9.17, 15) is 4.57 Å². The first-order valence-electron chi connectivity index (χ1n) is 9.14. The van der Waals surface area contributed by atoms with Crippen LogP contribution in [0.3, 0.4) is 0 Å².